The van der Waals surface area contributed by atoms with Gasteiger partial charge in [0.2, 0.25) is 5.91 Å². The van der Waals surface area contributed by atoms with Crippen LogP contribution in [-0.2, 0) is 15.2 Å². The Kier molecular flexibility index (Phi) is 6.96. The number of hydrazine groups is 1. The molecule has 2 atom stereocenters. The Labute approximate surface area is 197 Å². The minimum absolute atomic E-state index is 0.00635. The maximum absolute atomic E-state index is 14.2. The first-order valence-electron chi connectivity index (χ1n) is 8.79. The summed E-state index contributed by atoms with van der Waals surface area (Å²) in [7, 11) is 1.87. The van der Waals surface area contributed by atoms with Gasteiger partial charge in [0.1, 0.15) is 0 Å². The third-order valence-electron chi connectivity index (χ3n) is 4.52. The van der Waals surface area contributed by atoms with Crippen LogP contribution in [0.15, 0.2) is 41.6 Å². The summed E-state index contributed by atoms with van der Waals surface area (Å²) >= 11 is 18.0. The number of nitrogens with one attached hydrogen (secondary N) is 1. The molecule has 6 nitrogen and oxygen atoms in total. The molecule has 2 unspecified atom stereocenters. The molecular formula is C19H14Cl3F3N3O3P. The molecule has 0 fully saturated rings. The van der Waals surface area contributed by atoms with Crippen LogP contribution in [0.5, 0.6) is 0 Å². The van der Waals surface area contributed by atoms with Crippen LogP contribution in [0.3, 0.4) is 0 Å². The van der Waals surface area contributed by atoms with Gasteiger partial charge in [-0.15, -0.1) is 0 Å². The minimum atomic E-state index is -4.86. The number of nitrogens with zero attached hydrogens (tertiary/aromatic N) is 2. The summed E-state index contributed by atoms with van der Waals surface area (Å²) in [6.45, 7) is 1.18. The predicted octanol–water partition coefficient (Wildman–Crippen LogP) is 6.08. The van der Waals surface area contributed by atoms with Crippen molar-refractivity contribution >= 4 is 67.0 Å². The van der Waals surface area contributed by atoms with Crippen molar-refractivity contribution in [3.05, 3.63) is 62.6 Å². The van der Waals surface area contributed by atoms with Gasteiger partial charge in [0.05, 0.1) is 16.4 Å². The molecule has 2 amide bonds. The SMILES string of the molecule is CC(=O)NN(C(=O)P)c1cc(C2=NOC(c3cc(Cl)cc(Cl)c3)(C(F)(F)F)C2)ccc1Cl. The quantitative estimate of drug-likeness (QED) is 0.389. The number of oxime groups is 1. The van der Waals surface area contributed by atoms with Crippen LogP contribution < -0.4 is 10.4 Å². The monoisotopic (exact) mass is 525 g/mol. The van der Waals surface area contributed by atoms with Crippen molar-refractivity contribution in [1.82, 2.24) is 5.43 Å². The van der Waals surface area contributed by atoms with Crippen molar-refractivity contribution in [1.29, 1.82) is 0 Å². The van der Waals surface area contributed by atoms with E-state index in [4.69, 9.17) is 39.6 Å². The highest BCUT2D eigenvalue weighted by atomic mass is 35.5. The van der Waals surface area contributed by atoms with Crippen LogP contribution in [0.1, 0.15) is 24.5 Å². The summed E-state index contributed by atoms with van der Waals surface area (Å²) in [6, 6.07) is 7.62. The van der Waals surface area contributed by atoms with E-state index in [-0.39, 0.29) is 37.6 Å². The molecule has 0 spiro atoms. The van der Waals surface area contributed by atoms with Gasteiger partial charge in [-0.2, -0.15) is 13.2 Å². The Bertz CT molecular complexity index is 1110. The van der Waals surface area contributed by atoms with Gasteiger partial charge in [0.15, 0.2) is 0 Å². The molecule has 0 radical (unpaired) electrons. The second-order valence-electron chi connectivity index (χ2n) is 6.80. The van der Waals surface area contributed by atoms with Crippen LogP contribution in [-0.4, -0.2) is 23.4 Å². The Balaban J connectivity index is 2.03. The average Bonchev–Trinajstić information content (AvgIpc) is 3.12. The summed E-state index contributed by atoms with van der Waals surface area (Å²) in [5.74, 6) is -0.558. The molecular weight excluding hydrogens is 513 g/mol. The summed E-state index contributed by atoms with van der Waals surface area (Å²) < 4.78 is 42.5. The number of rotatable bonds is 3. The highest BCUT2D eigenvalue weighted by Gasteiger charge is 2.62. The maximum atomic E-state index is 14.2. The van der Waals surface area contributed by atoms with Gasteiger partial charge in [-0.05, 0) is 39.6 Å². The standard InChI is InChI=1S/C19H14Cl3F3N3O3P/c1-9(29)26-28(17(30)32)16-4-10(2-3-14(16)22)15-8-18(31-27-15,19(23,24)25)11-5-12(20)7-13(21)6-11/h2-7H,8,32H2,1H3,(H,26,29). The fraction of sp³-hybridized carbons (Fsp3) is 0.211. The second-order valence-corrected chi connectivity index (χ2v) is 8.57. The fourth-order valence-corrected chi connectivity index (χ4v) is 4.03. The fourth-order valence-electron chi connectivity index (χ4n) is 3.10. The van der Waals surface area contributed by atoms with E-state index in [1.807, 2.05) is 9.24 Å². The van der Waals surface area contributed by atoms with Crippen molar-refractivity contribution in [2.24, 2.45) is 5.16 Å². The lowest BCUT2D eigenvalue weighted by atomic mass is 9.86. The van der Waals surface area contributed by atoms with E-state index in [1.54, 1.807) is 0 Å². The van der Waals surface area contributed by atoms with Gasteiger partial charge >= 0.3 is 6.18 Å². The summed E-state index contributed by atoms with van der Waals surface area (Å²) in [4.78, 5) is 28.3. The average molecular weight is 527 g/mol. The number of anilines is 1. The zero-order chi connectivity index (χ0) is 23.8. The van der Waals surface area contributed by atoms with Gasteiger partial charge in [0, 0.05) is 34.5 Å². The van der Waals surface area contributed by atoms with Gasteiger partial charge < -0.3 is 4.84 Å². The summed E-state index contributed by atoms with van der Waals surface area (Å²) in [5, 5.41) is 4.60. The molecule has 170 valence electrons. The number of hydrogen-bond donors (Lipinski definition) is 1. The molecule has 13 heteroatoms. The molecule has 1 aliphatic rings. The van der Waals surface area contributed by atoms with Gasteiger partial charge in [-0.1, -0.05) is 46.0 Å². The first kappa shape index (κ1) is 24.6. The first-order valence-corrected chi connectivity index (χ1v) is 10.5. The molecule has 3 rings (SSSR count). The lowest BCUT2D eigenvalue weighted by Gasteiger charge is -2.29. The zero-order valence-electron chi connectivity index (χ0n) is 16.1. The largest absolute Gasteiger partial charge is 0.435 e. The van der Waals surface area contributed by atoms with Crippen molar-refractivity contribution in [3.8, 4) is 0 Å². The van der Waals surface area contributed by atoms with E-state index in [2.05, 4.69) is 10.6 Å². The number of halogens is 6. The van der Waals surface area contributed by atoms with E-state index in [1.165, 1.54) is 31.2 Å². The molecule has 2 aromatic carbocycles. The first-order chi connectivity index (χ1) is 14.8. The Morgan fingerprint density at radius 2 is 1.78 bits per heavy atom. The number of benzene rings is 2. The van der Waals surface area contributed by atoms with Crippen molar-refractivity contribution in [2.75, 3.05) is 5.01 Å². The minimum Gasteiger partial charge on any atom is -0.374 e. The number of alkyl halides is 3. The molecule has 0 saturated carbocycles. The Morgan fingerprint density at radius 3 is 2.31 bits per heavy atom. The number of carbonyl (C=O) groups excluding carboxylic acids is 2. The maximum Gasteiger partial charge on any atom is 0.435 e. The molecule has 1 aliphatic heterocycles. The highest BCUT2D eigenvalue weighted by molar-refractivity contribution is 7.40. The summed E-state index contributed by atoms with van der Waals surface area (Å²) in [6.07, 6.45) is -5.55. The molecule has 2 aromatic rings. The van der Waals surface area contributed by atoms with Crippen LogP contribution in [0, 0.1) is 0 Å². The predicted molar refractivity (Wildman–Crippen MR) is 119 cm³/mol. The van der Waals surface area contributed by atoms with E-state index in [0.29, 0.717) is 0 Å². The molecule has 1 heterocycles. The van der Waals surface area contributed by atoms with Gasteiger partial charge in [-0.25, -0.2) is 5.01 Å². The molecule has 0 aromatic heterocycles. The lowest BCUT2D eigenvalue weighted by molar-refractivity contribution is -0.275. The topological polar surface area (TPSA) is 71.0 Å². The van der Waals surface area contributed by atoms with E-state index >= 15 is 0 Å². The Hall–Kier alpha value is -2.06. The van der Waals surface area contributed by atoms with Crippen LogP contribution in [0.25, 0.3) is 0 Å². The van der Waals surface area contributed by atoms with Crippen LogP contribution >= 0.6 is 44.0 Å². The smallest absolute Gasteiger partial charge is 0.374 e. The van der Waals surface area contributed by atoms with Crippen molar-refractivity contribution in [2.45, 2.75) is 25.1 Å². The molecule has 32 heavy (non-hydrogen) atoms. The van der Waals surface area contributed by atoms with Crippen molar-refractivity contribution in [3.63, 3.8) is 0 Å². The lowest BCUT2D eigenvalue weighted by Crippen LogP contribution is -2.43. The molecule has 0 saturated heterocycles. The molecule has 0 aliphatic carbocycles. The van der Waals surface area contributed by atoms with E-state index in [9.17, 15) is 22.8 Å². The van der Waals surface area contributed by atoms with E-state index in [0.717, 1.165) is 17.1 Å². The van der Waals surface area contributed by atoms with E-state index < -0.39 is 29.8 Å². The van der Waals surface area contributed by atoms with Crippen molar-refractivity contribution < 1.29 is 27.6 Å². The van der Waals surface area contributed by atoms with Gasteiger partial charge in [-0.3, -0.25) is 15.0 Å². The summed E-state index contributed by atoms with van der Waals surface area (Å²) in [5.41, 5.74) is -1.30. The second kappa shape index (κ2) is 9.06. The number of hydrogen-bond acceptors (Lipinski definition) is 4. The normalized spacial score (nSPS) is 18.1. The zero-order valence-corrected chi connectivity index (χ0v) is 19.6. The molecule has 0 bridgehead atoms. The number of carbonyl (C=O) groups is 2. The van der Waals surface area contributed by atoms with Gasteiger partial charge in [0.25, 0.3) is 11.2 Å². The van der Waals surface area contributed by atoms with Crippen LogP contribution in [0.4, 0.5) is 23.7 Å². The third-order valence-corrected chi connectivity index (χ3v) is 5.54. The highest BCUT2D eigenvalue weighted by Crippen LogP contribution is 2.50. The number of amides is 2. The molecule has 1 N–H and O–H groups in total. The third kappa shape index (κ3) is 4.81. The Morgan fingerprint density at radius 1 is 1.16 bits per heavy atom. The van der Waals surface area contributed by atoms with Crippen LogP contribution in [0.2, 0.25) is 15.1 Å².